The third kappa shape index (κ3) is 1.65. The van der Waals surface area contributed by atoms with Crippen LogP contribution in [0.2, 0.25) is 0 Å². The van der Waals surface area contributed by atoms with Crippen LogP contribution < -0.4 is 0 Å². The first-order valence-corrected chi connectivity index (χ1v) is 4.94. The van der Waals surface area contributed by atoms with E-state index >= 15 is 0 Å². The van der Waals surface area contributed by atoms with Gasteiger partial charge in [-0.3, -0.25) is 4.79 Å². The van der Waals surface area contributed by atoms with E-state index in [1.165, 1.54) is 6.07 Å². The lowest BCUT2D eigenvalue weighted by atomic mass is 10.0. The lowest BCUT2D eigenvalue weighted by Gasteiger charge is -2.06. The van der Waals surface area contributed by atoms with Gasteiger partial charge in [-0.2, -0.15) is 0 Å². The predicted octanol–water partition coefficient (Wildman–Crippen LogP) is 3.52. The summed E-state index contributed by atoms with van der Waals surface area (Å²) >= 11 is 0. The molecule has 0 amide bonds. The van der Waals surface area contributed by atoms with Crippen molar-refractivity contribution in [1.29, 1.82) is 0 Å². The van der Waals surface area contributed by atoms with Gasteiger partial charge in [0.2, 0.25) is 0 Å². The van der Waals surface area contributed by atoms with Gasteiger partial charge < -0.3 is 4.42 Å². The van der Waals surface area contributed by atoms with Crippen molar-refractivity contribution in [2.45, 2.75) is 13.8 Å². The van der Waals surface area contributed by atoms with Crippen molar-refractivity contribution in [3.8, 4) is 11.3 Å². The van der Waals surface area contributed by atoms with E-state index in [0.717, 1.165) is 11.1 Å². The minimum Gasteiger partial charge on any atom is -0.453 e. The Bertz CT molecular complexity index is 541. The van der Waals surface area contributed by atoms with E-state index in [1.807, 2.05) is 6.92 Å². The molecular weight excluding hydrogens is 207 g/mol. The molecule has 0 unspecified atom stereocenters. The summed E-state index contributed by atoms with van der Waals surface area (Å²) < 4.78 is 18.6. The summed E-state index contributed by atoms with van der Waals surface area (Å²) in [5.74, 6) is 0.627. The Morgan fingerprint density at radius 2 is 1.88 bits per heavy atom. The Balaban J connectivity index is 2.56. The highest BCUT2D eigenvalue weighted by atomic mass is 19.1. The third-order valence-corrected chi connectivity index (χ3v) is 2.73. The number of halogens is 1. The molecular formula is C13H11FO2. The fraction of sp³-hybridized carbons (Fsp3) is 0.154. The van der Waals surface area contributed by atoms with Crippen LogP contribution in [0.25, 0.3) is 11.3 Å². The average Bonchev–Trinajstić information content (AvgIpc) is 2.74. The molecule has 1 aromatic heterocycles. The Kier molecular flexibility index (Phi) is 2.60. The summed E-state index contributed by atoms with van der Waals surface area (Å²) in [4.78, 5) is 10.5. The maximum atomic E-state index is 13.3. The standard InChI is InChI=1S/C13H11FO2/c1-8-9(2)12(14)5-4-11(8)13-6-3-10(7-15)16-13/h3-7H,1-2H3. The number of hydrogen-bond donors (Lipinski definition) is 0. The maximum absolute atomic E-state index is 13.3. The summed E-state index contributed by atoms with van der Waals surface area (Å²) in [5, 5.41) is 0. The first-order valence-electron chi connectivity index (χ1n) is 4.94. The molecule has 16 heavy (non-hydrogen) atoms. The lowest BCUT2D eigenvalue weighted by Crippen LogP contribution is -1.90. The van der Waals surface area contributed by atoms with Crippen LogP contribution >= 0.6 is 0 Å². The van der Waals surface area contributed by atoms with E-state index < -0.39 is 0 Å². The van der Waals surface area contributed by atoms with Gasteiger partial charge in [0.05, 0.1) is 0 Å². The Morgan fingerprint density at radius 1 is 1.12 bits per heavy atom. The molecule has 1 aromatic carbocycles. The summed E-state index contributed by atoms with van der Waals surface area (Å²) in [6.07, 6.45) is 0.648. The normalized spacial score (nSPS) is 10.4. The van der Waals surface area contributed by atoms with Gasteiger partial charge in [0.25, 0.3) is 0 Å². The smallest absolute Gasteiger partial charge is 0.185 e. The van der Waals surface area contributed by atoms with Crippen molar-refractivity contribution in [2.75, 3.05) is 0 Å². The Labute approximate surface area is 92.7 Å². The number of rotatable bonds is 2. The molecule has 0 saturated heterocycles. The molecule has 0 aliphatic rings. The molecule has 0 aliphatic carbocycles. The zero-order valence-electron chi connectivity index (χ0n) is 9.08. The van der Waals surface area contributed by atoms with Crippen LogP contribution in [-0.4, -0.2) is 6.29 Å². The molecule has 82 valence electrons. The fourth-order valence-corrected chi connectivity index (χ4v) is 1.62. The second-order valence-corrected chi connectivity index (χ2v) is 3.66. The second-order valence-electron chi connectivity index (χ2n) is 3.66. The zero-order valence-corrected chi connectivity index (χ0v) is 9.08. The van der Waals surface area contributed by atoms with Crippen LogP contribution in [0.15, 0.2) is 28.7 Å². The van der Waals surface area contributed by atoms with Crippen LogP contribution in [0.5, 0.6) is 0 Å². The molecule has 0 atom stereocenters. The van der Waals surface area contributed by atoms with E-state index in [1.54, 1.807) is 25.1 Å². The number of furan rings is 1. The van der Waals surface area contributed by atoms with Gasteiger partial charge in [-0.25, -0.2) is 4.39 Å². The quantitative estimate of drug-likeness (QED) is 0.722. The number of aldehydes is 1. The molecule has 3 heteroatoms. The SMILES string of the molecule is Cc1c(F)ccc(-c2ccc(C=O)o2)c1C. The summed E-state index contributed by atoms with van der Waals surface area (Å²) in [6.45, 7) is 3.55. The highest BCUT2D eigenvalue weighted by molar-refractivity contribution is 5.73. The van der Waals surface area contributed by atoms with Crippen LogP contribution in [0.3, 0.4) is 0 Å². The molecule has 0 fully saturated rings. The van der Waals surface area contributed by atoms with E-state index in [9.17, 15) is 9.18 Å². The van der Waals surface area contributed by atoms with Crippen LogP contribution in [-0.2, 0) is 0 Å². The minimum absolute atomic E-state index is 0.233. The molecule has 0 spiro atoms. The summed E-state index contributed by atoms with van der Waals surface area (Å²) in [5.41, 5.74) is 2.24. The minimum atomic E-state index is -0.233. The van der Waals surface area contributed by atoms with Gasteiger partial charge >= 0.3 is 0 Å². The molecule has 0 saturated carbocycles. The van der Waals surface area contributed by atoms with Crippen molar-refractivity contribution in [3.05, 3.63) is 47.0 Å². The fourth-order valence-electron chi connectivity index (χ4n) is 1.62. The molecule has 2 aromatic rings. The van der Waals surface area contributed by atoms with Crippen LogP contribution in [0.1, 0.15) is 21.7 Å². The Hall–Kier alpha value is -1.90. The van der Waals surface area contributed by atoms with Crippen molar-refractivity contribution in [2.24, 2.45) is 0 Å². The van der Waals surface area contributed by atoms with Crippen molar-refractivity contribution >= 4 is 6.29 Å². The first-order chi connectivity index (χ1) is 7.63. The third-order valence-electron chi connectivity index (χ3n) is 2.73. The van der Waals surface area contributed by atoms with E-state index in [4.69, 9.17) is 4.42 Å². The van der Waals surface area contributed by atoms with Crippen molar-refractivity contribution in [3.63, 3.8) is 0 Å². The van der Waals surface area contributed by atoms with Crippen LogP contribution in [0.4, 0.5) is 4.39 Å². The van der Waals surface area contributed by atoms with Gasteiger partial charge in [-0.05, 0) is 49.2 Å². The highest BCUT2D eigenvalue weighted by Crippen LogP contribution is 2.28. The van der Waals surface area contributed by atoms with Gasteiger partial charge in [0.15, 0.2) is 12.0 Å². The van der Waals surface area contributed by atoms with E-state index in [2.05, 4.69) is 0 Å². The largest absolute Gasteiger partial charge is 0.453 e. The van der Waals surface area contributed by atoms with Crippen molar-refractivity contribution < 1.29 is 13.6 Å². The average molecular weight is 218 g/mol. The molecule has 0 N–H and O–H groups in total. The number of hydrogen-bond acceptors (Lipinski definition) is 2. The first kappa shape index (κ1) is 10.6. The maximum Gasteiger partial charge on any atom is 0.185 e. The molecule has 0 aliphatic heterocycles. The number of benzene rings is 1. The van der Waals surface area contributed by atoms with Crippen LogP contribution in [0, 0.1) is 19.7 Å². The van der Waals surface area contributed by atoms with Gasteiger partial charge in [0, 0.05) is 5.56 Å². The topological polar surface area (TPSA) is 30.2 Å². The summed E-state index contributed by atoms with van der Waals surface area (Å²) in [7, 11) is 0. The van der Waals surface area contributed by atoms with Gasteiger partial charge in [-0.15, -0.1) is 0 Å². The monoisotopic (exact) mass is 218 g/mol. The molecule has 2 nitrogen and oxygen atoms in total. The van der Waals surface area contributed by atoms with E-state index in [0.29, 0.717) is 17.6 Å². The predicted molar refractivity (Wildman–Crippen MR) is 59.0 cm³/mol. The Morgan fingerprint density at radius 3 is 2.50 bits per heavy atom. The highest BCUT2D eigenvalue weighted by Gasteiger charge is 2.10. The van der Waals surface area contributed by atoms with Gasteiger partial charge in [-0.1, -0.05) is 0 Å². The zero-order chi connectivity index (χ0) is 11.7. The van der Waals surface area contributed by atoms with Crippen molar-refractivity contribution in [1.82, 2.24) is 0 Å². The summed E-state index contributed by atoms with van der Waals surface area (Å²) in [6, 6.07) is 6.37. The molecule has 2 rings (SSSR count). The molecule has 0 radical (unpaired) electrons. The molecule has 1 heterocycles. The molecule has 0 bridgehead atoms. The van der Waals surface area contributed by atoms with Gasteiger partial charge in [0.1, 0.15) is 11.6 Å². The number of carbonyl (C=O) groups is 1. The lowest BCUT2D eigenvalue weighted by molar-refractivity contribution is 0.110. The number of carbonyl (C=O) groups excluding carboxylic acids is 1. The van der Waals surface area contributed by atoms with E-state index in [-0.39, 0.29) is 11.6 Å². The second kappa shape index (κ2) is 3.93.